The van der Waals surface area contributed by atoms with Crippen molar-refractivity contribution in [2.24, 2.45) is 0 Å². The minimum absolute atomic E-state index is 0.0118. The van der Waals surface area contributed by atoms with Gasteiger partial charge in [-0.15, -0.1) is 11.6 Å². The molecule has 104 valence electrons. The van der Waals surface area contributed by atoms with Crippen molar-refractivity contribution in [2.75, 3.05) is 26.6 Å². The third-order valence-corrected chi connectivity index (χ3v) is 4.05. The number of hydrogen-bond donors (Lipinski definition) is 0. The molecule has 0 fully saturated rings. The van der Waals surface area contributed by atoms with E-state index < -0.39 is 0 Å². The minimum atomic E-state index is -0.0118. The molecule has 3 nitrogen and oxygen atoms in total. The number of aryl methyl sites for hydroxylation is 1. The highest BCUT2D eigenvalue weighted by molar-refractivity contribution is 6.27. The number of ether oxygens (including phenoxy) is 1. The largest absolute Gasteiger partial charge is 0.497 e. The van der Waals surface area contributed by atoms with Gasteiger partial charge in [0.2, 0.25) is 5.91 Å². The van der Waals surface area contributed by atoms with Crippen LogP contribution in [0.25, 0.3) is 0 Å². The van der Waals surface area contributed by atoms with Crippen LogP contribution < -0.4 is 4.74 Å². The van der Waals surface area contributed by atoms with Crippen LogP contribution in [0.1, 0.15) is 29.9 Å². The van der Waals surface area contributed by atoms with Crippen LogP contribution in [0.4, 0.5) is 0 Å². The molecule has 1 unspecified atom stereocenters. The van der Waals surface area contributed by atoms with Crippen LogP contribution in [0.5, 0.6) is 5.75 Å². The van der Waals surface area contributed by atoms with Gasteiger partial charge in [0.05, 0.1) is 7.11 Å². The molecule has 0 heterocycles. The van der Waals surface area contributed by atoms with Crippen molar-refractivity contribution in [3.05, 3.63) is 29.3 Å². The highest BCUT2D eigenvalue weighted by Crippen LogP contribution is 2.34. The van der Waals surface area contributed by atoms with E-state index in [0.29, 0.717) is 5.92 Å². The summed E-state index contributed by atoms with van der Waals surface area (Å²) in [4.78, 5) is 13.3. The van der Waals surface area contributed by atoms with Crippen molar-refractivity contribution in [2.45, 2.75) is 25.2 Å². The normalized spacial score (nSPS) is 17.7. The number of likely N-dealkylation sites (N-methyl/N-ethyl adjacent to an activating group) is 1. The average Bonchev–Trinajstić information content (AvgIpc) is 2.45. The number of alkyl halides is 1. The minimum Gasteiger partial charge on any atom is -0.497 e. The molecule has 1 aliphatic rings. The van der Waals surface area contributed by atoms with Gasteiger partial charge in [-0.1, -0.05) is 6.07 Å². The quantitative estimate of drug-likeness (QED) is 0.794. The van der Waals surface area contributed by atoms with Crippen LogP contribution in [-0.2, 0) is 11.2 Å². The topological polar surface area (TPSA) is 29.5 Å². The van der Waals surface area contributed by atoms with Crippen molar-refractivity contribution in [3.8, 4) is 5.75 Å². The van der Waals surface area contributed by atoms with E-state index in [4.69, 9.17) is 16.3 Å². The van der Waals surface area contributed by atoms with Gasteiger partial charge in [-0.05, 0) is 42.5 Å². The van der Waals surface area contributed by atoms with E-state index in [1.54, 1.807) is 12.0 Å². The van der Waals surface area contributed by atoms with E-state index in [1.807, 2.05) is 13.1 Å². The number of rotatable bonds is 4. The average molecular weight is 282 g/mol. The zero-order valence-corrected chi connectivity index (χ0v) is 12.2. The van der Waals surface area contributed by atoms with Crippen LogP contribution in [0, 0.1) is 0 Å². The van der Waals surface area contributed by atoms with Crippen LogP contribution >= 0.6 is 11.6 Å². The lowest BCUT2D eigenvalue weighted by atomic mass is 9.82. The predicted molar refractivity (Wildman–Crippen MR) is 77.0 cm³/mol. The molecule has 0 N–H and O–H groups in total. The molecular weight excluding hydrogens is 262 g/mol. The molecule has 19 heavy (non-hydrogen) atoms. The van der Waals surface area contributed by atoms with Gasteiger partial charge in [0.1, 0.15) is 11.6 Å². The van der Waals surface area contributed by atoms with Gasteiger partial charge in [-0.25, -0.2) is 0 Å². The van der Waals surface area contributed by atoms with E-state index in [-0.39, 0.29) is 11.8 Å². The summed E-state index contributed by atoms with van der Waals surface area (Å²) in [6.07, 6.45) is 3.38. The Bertz CT molecular complexity index is 461. The molecule has 1 aromatic carbocycles. The Morgan fingerprint density at radius 3 is 3.00 bits per heavy atom. The molecule has 0 aliphatic heterocycles. The molecular formula is C15H20ClNO2. The molecule has 0 radical (unpaired) electrons. The first kappa shape index (κ1) is 14.2. The lowest BCUT2D eigenvalue weighted by Crippen LogP contribution is -2.33. The van der Waals surface area contributed by atoms with Crippen LogP contribution in [0.3, 0.4) is 0 Å². The van der Waals surface area contributed by atoms with Crippen LogP contribution in [-0.4, -0.2) is 37.4 Å². The number of amides is 1. The number of carbonyl (C=O) groups is 1. The fraction of sp³-hybridized carbons (Fsp3) is 0.533. The molecule has 0 aromatic heterocycles. The SMILES string of the molecule is COc1ccc2c(c1)CCCC2CN(C)C(=O)CCl. The first-order valence-electron chi connectivity index (χ1n) is 6.62. The Morgan fingerprint density at radius 2 is 2.32 bits per heavy atom. The standard InChI is InChI=1S/C15H20ClNO2/c1-17(15(18)9-16)10-12-5-3-4-11-8-13(19-2)6-7-14(11)12/h6-8,12H,3-5,9-10H2,1-2H3. The third-order valence-electron chi connectivity index (χ3n) is 3.82. The van der Waals surface area contributed by atoms with Gasteiger partial charge < -0.3 is 9.64 Å². The first-order valence-corrected chi connectivity index (χ1v) is 7.16. The highest BCUT2D eigenvalue weighted by atomic mass is 35.5. The molecule has 1 aromatic rings. The van der Waals surface area contributed by atoms with Gasteiger partial charge in [0.25, 0.3) is 0 Å². The second-order valence-corrected chi connectivity index (χ2v) is 5.33. The summed E-state index contributed by atoms with van der Waals surface area (Å²) >= 11 is 5.60. The van der Waals surface area contributed by atoms with Crippen molar-refractivity contribution in [3.63, 3.8) is 0 Å². The van der Waals surface area contributed by atoms with E-state index in [2.05, 4.69) is 12.1 Å². The smallest absolute Gasteiger partial charge is 0.237 e. The zero-order valence-electron chi connectivity index (χ0n) is 11.5. The number of fused-ring (bicyclic) bond motifs is 1. The van der Waals surface area contributed by atoms with Gasteiger partial charge >= 0.3 is 0 Å². The Hall–Kier alpha value is -1.22. The van der Waals surface area contributed by atoms with Gasteiger partial charge in [-0.2, -0.15) is 0 Å². The number of hydrogen-bond acceptors (Lipinski definition) is 2. The van der Waals surface area contributed by atoms with E-state index >= 15 is 0 Å². The van der Waals surface area contributed by atoms with Gasteiger partial charge in [-0.3, -0.25) is 4.79 Å². The maximum atomic E-state index is 11.6. The second kappa shape index (κ2) is 6.29. The summed E-state index contributed by atoms with van der Waals surface area (Å²) in [5.41, 5.74) is 2.70. The number of methoxy groups -OCH3 is 1. The first-order chi connectivity index (χ1) is 9.15. The molecule has 1 atom stereocenters. The Labute approximate surface area is 119 Å². The fourth-order valence-corrected chi connectivity index (χ4v) is 2.95. The summed E-state index contributed by atoms with van der Waals surface area (Å²) in [5.74, 6) is 1.36. The molecule has 2 rings (SSSR count). The van der Waals surface area contributed by atoms with Crippen LogP contribution in [0.15, 0.2) is 18.2 Å². The maximum Gasteiger partial charge on any atom is 0.237 e. The van der Waals surface area contributed by atoms with E-state index in [1.165, 1.54) is 11.1 Å². The van der Waals surface area contributed by atoms with Crippen molar-refractivity contribution >= 4 is 17.5 Å². The molecule has 0 saturated heterocycles. The van der Waals surface area contributed by atoms with Crippen molar-refractivity contribution in [1.29, 1.82) is 0 Å². The number of carbonyl (C=O) groups excluding carboxylic acids is 1. The number of benzene rings is 1. The Balaban J connectivity index is 2.16. The van der Waals surface area contributed by atoms with Crippen LogP contribution in [0.2, 0.25) is 0 Å². The highest BCUT2D eigenvalue weighted by Gasteiger charge is 2.23. The molecule has 4 heteroatoms. The Morgan fingerprint density at radius 1 is 1.53 bits per heavy atom. The lowest BCUT2D eigenvalue weighted by molar-refractivity contribution is -0.127. The number of halogens is 1. The van der Waals surface area contributed by atoms with Gasteiger partial charge in [0.15, 0.2) is 0 Å². The molecule has 1 amide bonds. The van der Waals surface area contributed by atoms with Crippen molar-refractivity contribution < 1.29 is 9.53 Å². The van der Waals surface area contributed by atoms with Gasteiger partial charge in [0, 0.05) is 19.5 Å². The monoisotopic (exact) mass is 281 g/mol. The summed E-state index contributed by atoms with van der Waals surface area (Å²) in [6, 6.07) is 6.25. The molecule has 0 spiro atoms. The summed E-state index contributed by atoms with van der Waals surface area (Å²) in [5, 5.41) is 0. The fourth-order valence-electron chi connectivity index (χ4n) is 2.74. The summed E-state index contributed by atoms with van der Waals surface area (Å²) < 4.78 is 5.27. The molecule has 0 bridgehead atoms. The summed E-state index contributed by atoms with van der Waals surface area (Å²) in [6.45, 7) is 0.741. The third kappa shape index (κ3) is 3.21. The number of nitrogens with zero attached hydrogens (tertiary/aromatic N) is 1. The van der Waals surface area contributed by atoms with E-state index in [9.17, 15) is 4.79 Å². The predicted octanol–water partition coefficient (Wildman–Crippen LogP) is 2.81. The maximum absolute atomic E-state index is 11.6. The van der Waals surface area contributed by atoms with Crippen molar-refractivity contribution in [1.82, 2.24) is 4.90 Å². The van der Waals surface area contributed by atoms with E-state index in [0.717, 1.165) is 31.6 Å². The second-order valence-electron chi connectivity index (χ2n) is 5.06. The molecule has 1 aliphatic carbocycles. The Kier molecular flexibility index (Phi) is 4.70. The summed E-state index contributed by atoms with van der Waals surface area (Å²) in [7, 11) is 3.51. The lowest BCUT2D eigenvalue weighted by Gasteiger charge is -2.29. The molecule has 0 saturated carbocycles. The zero-order chi connectivity index (χ0) is 13.8.